The van der Waals surface area contributed by atoms with Crippen molar-refractivity contribution in [2.75, 3.05) is 11.4 Å². The third-order valence-corrected chi connectivity index (χ3v) is 6.35. The van der Waals surface area contributed by atoms with E-state index in [0.29, 0.717) is 28.4 Å². The maximum atomic E-state index is 13.0. The molecule has 0 aromatic heterocycles. The number of carbonyl (C=O) groups is 2. The van der Waals surface area contributed by atoms with Gasteiger partial charge < -0.3 is 15.1 Å². The summed E-state index contributed by atoms with van der Waals surface area (Å²) >= 11 is 12.5. The predicted octanol–water partition coefficient (Wildman–Crippen LogP) is 5.19. The molecule has 1 fully saturated rings. The number of alkyl halides is 1. The van der Waals surface area contributed by atoms with Gasteiger partial charge in [-0.15, -0.1) is 11.6 Å². The van der Waals surface area contributed by atoms with Gasteiger partial charge in [-0.05, 0) is 43.7 Å². The molecule has 0 saturated heterocycles. The number of anilines is 1. The molecule has 1 aliphatic carbocycles. The smallest absolute Gasteiger partial charge is 0.328 e. The summed E-state index contributed by atoms with van der Waals surface area (Å²) in [5.41, 5.74) is 1.59. The minimum atomic E-state index is -1.19. The van der Waals surface area contributed by atoms with Crippen molar-refractivity contribution in [1.82, 2.24) is 0 Å². The molecule has 1 aliphatic rings. The highest BCUT2D eigenvalue weighted by Crippen LogP contribution is 2.36. The van der Waals surface area contributed by atoms with Crippen LogP contribution in [0.25, 0.3) is 0 Å². The minimum absolute atomic E-state index is 0.154. The average molecular weight is 462 g/mol. The van der Waals surface area contributed by atoms with Crippen LogP contribution in [0.2, 0.25) is 5.02 Å². The Bertz CT molecular complexity index is 954. The lowest BCUT2D eigenvalue weighted by atomic mass is 9.88. The molecule has 1 amide bonds. The first-order chi connectivity index (χ1) is 14.9. The summed E-state index contributed by atoms with van der Waals surface area (Å²) in [4.78, 5) is 25.5. The fourth-order valence-corrected chi connectivity index (χ4v) is 4.42. The van der Waals surface area contributed by atoms with Crippen molar-refractivity contribution >= 4 is 40.8 Å². The minimum Gasteiger partial charge on any atom is -0.478 e. The molecule has 0 heterocycles. The van der Waals surface area contributed by atoms with E-state index in [4.69, 9.17) is 28.3 Å². The Morgan fingerprint density at radius 3 is 2.26 bits per heavy atom. The molecule has 5 nitrogen and oxygen atoms in total. The van der Waals surface area contributed by atoms with Crippen LogP contribution in [0.1, 0.15) is 42.9 Å². The van der Waals surface area contributed by atoms with Crippen molar-refractivity contribution in [3.05, 3.63) is 76.8 Å². The van der Waals surface area contributed by atoms with Crippen molar-refractivity contribution in [3.63, 3.8) is 0 Å². The lowest BCUT2D eigenvalue weighted by Crippen LogP contribution is -2.36. The first kappa shape index (κ1) is 23.3. The average Bonchev–Trinajstić information content (AvgIpc) is 2.77. The van der Waals surface area contributed by atoms with Gasteiger partial charge in [-0.3, -0.25) is 4.79 Å². The maximum Gasteiger partial charge on any atom is 0.328 e. The third kappa shape index (κ3) is 6.10. The Morgan fingerprint density at radius 1 is 1.00 bits per heavy atom. The molecule has 1 saturated carbocycles. The molecule has 0 radical (unpaired) electrons. The molecule has 164 valence electrons. The number of aliphatic hydroxyl groups excluding tert-OH is 1. The molecule has 1 atom stereocenters. The fourth-order valence-electron chi connectivity index (χ4n) is 3.93. The largest absolute Gasteiger partial charge is 0.478 e. The second-order valence-electron chi connectivity index (χ2n) is 7.72. The normalized spacial score (nSPS) is 19.8. The Kier molecular flexibility index (Phi) is 8.13. The number of carboxylic acid groups (broad SMARTS) is 1. The summed E-state index contributed by atoms with van der Waals surface area (Å²) in [5, 5.41) is 20.6. The van der Waals surface area contributed by atoms with Crippen molar-refractivity contribution < 1.29 is 19.8 Å². The summed E-state index contributed by atoms with van der Waals surface area (Å²) in [7, 11) is 0. The molecule has 2 aromatic carbocycles. The van der Waals surface area contributed by atoms with Crippen LogP contribution < -0.4 is 4.90 Å². The lowest BCUT2D eigenvalue weighted by molar-refractivity contribution is -0.131. The van der Waals surface area contributed by atoms with E-state index < -0.39 is 18.0 Å². The number of amides is 1. The lowest BCUT2D eigenvalue weighted by Gasteiger charge is -2.32. The monoisotopic (exact) mass is 461 g/mol. The van der Waals surface area contributed by atoms with E-state index in [1.165, 1.54) is 0 Å². The van der Waals surface area contributed by atoms with Crippen LogP contribution in [0.4, 0.5) is 5.69 Å². The highest BCUT2D eigenvalue weighted by molar-refractivity contribution is 6.31. The van der Waals surface area contributed by atoms with Gasteiger partial charge >= 0.3 is 5.97 Å². The van der Waals surface area contributed by atoms with E-state index in [0.717, 1.165) is 37.8 Å². The van der Waals surface area contributed by atoms with E-state index in [1.54, 1.807) is 53.4 Å². The van der Waals surface area contributed by atoms with Crippen molar-refractivity contribution in [3.8, 4) is 0 Å². The SMILES string of the molecule is O=C(O)C=CC(=O)N(CC1CCC(Cl)CC1)c1ccccc1C(O)c1ccccc1Cl. The van der Waals surface area contributed by atoms with Gasteiger partial charge in [-0.2, -0.15) is 0 Å². The summed E-state index contributed by atoms with van der Waals surface area (Å²) in [5.74, 6) is -1.41. The molecule has 7 heteroatoms. The van der Waals surface area contributed by atoms with E-state index in [-0.39, 0.29) is 11.3 Å². The van der Waals surface area contributed by atoms with Crippen molar-refractivity contribution in [2.24, 2.45) is 5.92 Å². The molecule has 31 heavy (non-hydrogen) atoms. The van der Waals surface area contributed by atoms with Gasteiger partial charge in [-0.25, -0.2) is 4.79 Å². The first-order valence-electron chi connectivity index (χ1n) is 10.2. The summed E-state index contributed by atoms with van der Waals surface area (Å²) < 4.78 is 0. The Balaban J connectivity index is 1.97. The maximum absolute atomic E-state index is 13.0. The second kappa shape index (κ2) is 10.8. The molecular weight excluding hydrogens is 437 g/mol. The number of halogens is 2. The van der Waals surface area contributed by atoms with Gasteiger partial charge in [0.15, 0.2) is 0 Å². The summed E-state index contributed by atoms with van der Waals surface area (Å²) in [6, 6.07) is 14.1. The number of carboxylic acids is 1. The highest BCUT2D eigenvalue weighted by atomic mass is 35.5. The van der Waals surface area contributed by atoms with Crippen LogP contribution in [0.5, 0.6) is 0 Å². The van der Waals surface area contributed by atoms with Crippen LogP contribution in [0.3, 0.4) is 0 Å². The zero-order valence-corrected chi connectivity index (χ0v) is 18.5. The molecule has 0 bridgehead atoms. The van der Waals surface area contributed by atoms with Crippen molar-refractivity contribution in [2.45, 2.75) is 37.2 Å². The first-order valence-corrected chi connectivity index (χ1v) is 11.1. The summed E-state index contributed by atoms with van der Waals surface area (Å²) in [6.45, 7) is 0.415. The standard InChI is InChI=1S/C24H25Cl2NO4/c25-17-11-9-16(10-12-17)15-27(22(28)13-14-23(29)30)21-8-4-2-6-19(21)24(31)18-5-1-3-7-20(18)26/h1-8,13-14,16-17,24,31H,9-12,15H2,(H,29,30). The molecule has 3 rings (SSSR count). The predicted molar refractivity (Wildman–Crippen MR) is 123 cm³/mol. The van der Waals surface area contributed by atoms with E-state index in [2.05, 4.69) is 0 Å². The number of hydrogen-bond acceptors (Lipinski definition) is 3. The molecule has 2 aromatic rings. The van der Waals surface area contributed by atoms with Crippen LogP contribution in [-0.2, 0) is 9.59 Å². The van der Waals surface area contributed by atoms with Crippen LogP contribution >= 0.6 is 23.2 Å². The van der Waals surface area contributed by atoms with Gasteiger partial charge in [0, 0.05) is 40.2 Å². The Morgan fingerprint density at radius 2 is 1.61 bits per heavy atom. The third-order valence-electron chi connectivity index (χ3n) is 5.57. The number of nitrogens with zero attached hydrogens (tertiary/aromatic N) is 1. The van der Waals surface area contributed by atoms with E-state index >= 15 is 0 Å². The quantitative estimate of drug-likeness (QED) is 0.439. The number of hydrogen-bond donors (Lipinski definition) is 2. The van der Waals surface area contributed by atoms with E-state index in [1.807, 2.05) is 0 Å². The molecule has 0 spiro atoms. The number of aliphatic carboxylic acids is 1. The van der Waals surface area contributed by atoms with E-state index in [9.17, 15) is 14.7 Å². The Labute approximate surface area is 191 Å². The Hall–Kier alpha value is -2.34. The highest BCUT2D eigenvalue weighted by Gasteiger charge is 2.27. The molecule has 2 N–H and O–H groups in total. The number of benzene rings is 2. The zero-order chi connectivity index (χ0) is 22.4. The van der Waals surface area contributed by atoms with Crippen molar-refractivity contribution in [1.29, 1.82) is 0 Å². The fraction of sp³-hybridized carbons (Fsp3) is 0.333. The van der Waals surface area contributed by atoms with Gasteiger partial charge in [0.2, 0.25) is 0 Å². The van der Waals surface area contributed by atoms with Gasteiger partial charge in [-0.1, -0.05) is 48.0 Å². The van der Waals surface area contributed by atoms with Gasteiger partial charge in [0.25, 0.3) is 5.91 Å². The molecule has 0 aliphatic heterocycles. The number of para-hydroxylation sites is 1. The van der Waals surface area contributed by atoms with Crippen LogP contribution in [-0.4, -0.2) is 34.0 Å². The van der Waals surface area contributed by atoms with Crippen LogP contribution in [0.15, 0.2) is 60.7 Å². The van der Waals surface area contributed by atoms with Crippen LogP contribution in [0, 0.1) is 5.92 Å². The second-order valence-corrected chi connectivity index (χ2v) is 8.75. The topological polar surface area (TPSA) is 77.8 Å². The van der Waals surface area contributed by atoms with Gasteiger partial charge in [0.05, 0.1) is 5.69 Å². The zero-order valence-electron chi connectivity index (χ0n) is 17.0. The summed E-state index contributed by atoms with van der Waals surface area (Å²) in [6.07, 6.45) is 4.37. The van der Waals surface area contributed by atoms with Gasteiger partial charge in [0.1, 0.15) is 6.10 Å². The molecule has 1 unspecified atom stereocenters. The number of carbonyl (C=O) groups excluding carboxylic acids is 1. The number of rotatable bonds is 7. The number of aliphatic hydroxyl groups is 1. The molecular formula is C24H25Cl2NO4.